The molecule has 0 unspecified atom stereocenters. The summed E-state index contributed by atoms with van der Waals surface area (Å²) >= 11 is 0. The van der Waals surface area contributed by atoms with E-state index in [4.69, 9.17) is 0 Å². The lowest BCUT2D eigenvalue weighted by Crippen LogP contribution is -2.39. The monoisotopic (exact) mass is 300 g/mol. The highest BCUT2D eigenvalue weighted by Gasteiger charge is 2.16. The van der Waals surface area contributed by atoms with Gasteiger partial charge in [0, 0.05) is 32.0 Å². The van der Waals surface area contributed by atoms with E-state index >= 15 is 0 Å². The predicted octanol–water partition coefficient (Wildman–Crippen LogP) is 0.656. The molecule has 0 atom stereocenters. The van der Waals surface area contributed by atoms with Gasteiger partial charge in [0.2, 0.25) is 0 Å². The molecule has 0 aromatic carbocycles. The number of nitrogens with zero attached hydrogens (tertiary/aromatic N) is 2. The van der Waals surface area contributed by atoms with Crippen LogP contribution in [0.2, 0.25) is 0 Å². The fourth-order valence-electron chi connectivity index (χ4n) is 1.61. The van der Waals surface area contributed by atoms with E-state index in [-0.39, 0.29) is 6.54 Å². The number of aryl methyl sites for hydroxylation is 1. The van der Waals surface area contributed by atoms with E-state index in [1.54, 1.807) is 13.2 Å². The molecule has 1 heterocycles. The standard InChI is InChI=1S/C13H24N4O2S/c1-4-14-8-5-9-17(3)20(18,19)16-11-13-7-6-12(2)15-10-13/h6-7,10,14,16H,4-5,8-9,11H2,1-3H3. The van der Waals surface area contributed by atoms with Crippen LogP contribution in [-0.4, -0.2) is 44.4 Å². The van der Waals surface area contributed by atoms with Gasteiger partial charge in [0.15, 0.2) is 0 Å². The molecule has 0 aliphatic rings. The van der Waals surface area contributed by atoms with Crippen LogP contribution < -0.4 is 10.0 Å². The van der Waals surface area contributed by atoms with Gasteiger partial charge in [-0.15, -0.1) is 0 Å². The van der Waals surface area contributed by atoms with Crippen molar-refractivity contribution >= 4 is 10.2 Å². The summed E-state index contributed by atoms with van der Waals surface area (Å²) in [6.45, 7) is 6.39. The molecule has 0 radical (unpaired) electrons. The van der Waals surface area contributed by atoms with E-state index in [0.29, 0.717) is 6.54 Å². The van der Waals surface area contributed by atoms with Crippen molar-refractivity contribution in [3.05, 3.63) is 29.6 Å². The lowest BCUT2D eigenvalue weighted by Gasteiger charge is -2.17. The zero-order valence-electron chi connectivity index (χ0n) is 12.4. The van der Waals surface area contributed by atoms with E-state index in [1.165, 1.54) is 4.31 Å². The number of nitrogens with one attached hydrogen (secondary N) is 2. The van der Waals surface area contributed by atoms with E-state index in [9.17, 15) is 8.42 Å². The Hall–Kier alpha value is -1.02. The van der Waals surface area contributed by atoms with Gasteiger partial charge in [-0.3, -0.25) is 4.98 Å². The largest absolute Gasteiger partial charge is 0.317 e. The third-order valence-corrected chi connectivity index (χ3v) is 4.43. The van der Waals surface area contributed by atoms with Crippen LogP contribution in [0.3, 0.4) is 0 Å². The molecule has 2 N–H and O–H groups in total. The molecule has 0 aliphatic carbocycles. The number of pyridine rings is 1. The average molecular weight is 300 g/mol. The summed E-state index contributed by atoms with van der Waals surface area (Å²) in [6, 6.07) is 3.74. The quantitative estimate of drug-likeness (QED) is 0.657. The van der Waals surface area contributed by atoms with Crippen LogP contribution in [-0.2, 0) is 16.8 Å². The van der Waals surface area contributed by atoms with Crippen LogP contribution in [0.15, 0.2) is 18.3 Å². The average Bonchev–Trinajstić information content (AvgIpc) is 2.43. The fourth-order valence-corrected chi connectivity index (χ4v) is 2.55. The first-order valence-corrected chi connectivity index (χ1v) is 8.23. The van der Waals surface area contributed by atoms with Crippen molar-refractivity contribution in [1.82, 2.24) is 19.3 Å². The first-order valence-electron chi connectivity index (χ1n) is 6.79. The molecule has 0 amide bonds. The smallest absolute Gasteiger partial charge is 0.279 e. The second-order valence-corrected chi connectivity index (χ2v) is 6.52. The van der Waals surface area contributed by atoms with Gasteiger partial charge in [-0.05, 0) is 38.1 Å². The van der Waals surface area contributed by atoms with E-state index < -0.39 is 10.2 Å². The highest BCUT2D eigenvalue weighted by Crippen LogP contribution is 2.01. The maximum absolute atomic E-state index is 12.0. The summed E-state index contributed by atoms with van der Waals surface area (Å²) in [7, 11) is -1.84. The highest BCUT2D eigenvalue weighted by atomic mass is 32.2. The molecule has 20 heavy (non-hydrogen) atoms. The van der Waals surface area contributed by atoms with Crippen molar-refractivity contribution in [3.8, 4) is 0 Å². The number of hydrogen-bond donors (Lipinski definition) is 2. The summed E-state index contributed by atoms with van der Waals surface area (Å²) in [5.41, 5.74) is 1.76. The van der Waals surface area contributed by atoms with Gasteiger partial charge in [-0.2, -0.15) is 17.4 Å². The predicted molar refractivity (Wildman–Crippen MR) is 80.5 cm³/mol. The molecule has 0 aliphatic heterocycles. The van der Waals surface area contributed by atoms with Gasteiger partial charge in [0.05, 0.1) is 0 Å². The molecule has 7 heteroatoms. The SMILES string of the molecule is CCNCCCN(C)S(=O)(=O)NCc1ccc(C)nc1. The fraction of sp³-hybridized carbons (Fsp3) is 0.615. The molecule has 0 saturated heterocycles. The van der Waals surface area contributed by atoms with Crippen LogP contribution in [0.4, 0.5) is 0 Å². The van der Waals surface area contributed by atoms with Crippen molar-refractivity contribution in [2.75, 3.05) is 26.7 Å². The van der Waals surface area contributed by atoms with E-state index in [1.807, 2.05) is 26.0 Å². The zero-order valence-corrected chi connectivity index (χ0v) is 13.2. The minimum atomic E-state index is -3.43. The second kappa shape index (κ2) is 8.31. The van der Waals surface area contributed by atoms with Crippen LogP contribution in [0.25, 0.3) is 0 Å². The van der Waals surface area contributed by atoms with Gasteiger partial charge in [-0.25, -0.2) is 0 Å². The number of hydrogen-bond acceptors (Lipinski definition) is 4. The van der Waals surface area contributed by atoms with E-state index in [2.05, 4.69) is 15.0 Å². The summed E-state index contributed by atoms with van der Waals surface area (Å²) in [5, 5.41) is 3.17. The van der Waals surface area contributed by atoms with Crippen molar-refractivity contribution in [3.63, 3.8) is 0 Å². The Morgan fingerprint density at radius 3 is 2.70 bits per heavy atom. The van der Waals surface area contributed by atoms with E-state index in [0.717, 1.165) is 30.8 Å². The lowest BCUT2D eigenvalue weighted by atomic mass is 10.2. The van der Waals surface area contributed by atoms with Gasteiger partial charge in [0.1, 0.15) is 0 Å². The second-order valence-electron chi connectivity index (χ2n) is 4.66. The van der Waals surface area contributed by atoms with Crippen LogP contribution in [0.5, 0.6) is 0 Å². The normalized spacial score (nSPS) is 12.0. The van der Waals surface area contributed by atoms with Crippen LogP contribution >= 0.6 is 0 Å². The van der Waals surface area contributed by atoms with Crippen LogP contribution in [0, 0.1) is 6.92 Å². The van der Waals surface area contributed by atoms with Crippen molar-refractivity contribution in [2.45, 2.75) is 26.8 Å². The Morgan fingerprint density at radius 2 is 2.10 bits per heavy atom. The molecule has 1 rings (SSSR count). The minimum absolute atomic E-state index is 0.257. The first-order chi connectivity index (χ1) is 9.45. The number of rotatable bonds is 9. The Morgan fingerprint density at radius 1 is 1.35 bits per heavy atom. The molecule has 1 aromatic heterocycles. The zero-order chi connectivity index (χ0) is 15.0. The van der Waals surface area contributed by atoms with Gasteiger partial charge < -0.3 is 5.32 Å². The summed E-state index contributed by atoms with van der Waals surface area (Å²) in [6.07, 6.45) is 2.47. The lowest BCUT2D eigenvalue weighted by molar-refractivity contribution is 0.445. The highest BCUT2D eigenvalue weighted by molar-refractivity contribution is 7.87. The maximum atomic E-state index is 12.0. The van der Waals surface area contributed by atoms with Crippen LogP contribution in [0.1, 0.15) is 24.6 Å². The Bertz CT molecular complexity index is 488. The summed E-state index contributed by atoms with van der Waals surface area (Å²) < 4.78 is 27.9. The molecule has 0 bridgehead atoms. The van der Waals surface area contributed by atoms with Gasteiger partial charge in [0.25, 0.3) is 10.2 Å². The molecule has 0 spiro atoms. The molecular formula is C13H24N4O2S. The molecule has 0 fully saturated rings. The topological polar surface area (TPSA) is 74.3 Å². The van der Waals surface area contributed by atoms with Gasteiger partial charge in [-0.1, -0.05) is 13.0 Å². The Kier molecular flexibility index (Phi) is 7.08. The first kappa shape index (κ1) is 17.0. The summed E-state index contributed by atoms with van der Waals surface area (Å²) in [4.78, 5) is 4.14. The Labute approximate surface area is 121 Å². The van der Waals surface area contributed by atoms with Crippen molar-refractivity contribution < 1.29 is 8.42 Å². The molecular weight excluding hydrogens is 276 g/mol. The van der Waals surface area contributed by atoms with Crippen molar-refractivity contribution in [1.29, 1.82) is 0 Å². The summed E-state index contributed by atoms with van der Waals surface area (Å²) in [5.74, 6) is 0. The minimum Gasteiger partial charge on any atom is -0.317 e. The van der Waals surface area contributed by atoms with Gasteiger partial charge >= 0.3 is 0 Å². The third-order valence-electron chi connectivity index (χ3n) is 2.92. The molecule has 114 valence electrons. The maximum Gasteiger partial charge on any atom is 0.279 e. The Balaban J connectivity index is 2.42. The van der Waals surface area contributed by atoms with Crippen molar-refractivity contribution in [2.24, 2.45) is 0 Å². The third kappa shape index (κ3) is 5.96. The number of aromatic nitrogens is 1. The molecule has 1 aromatic rings. The molecule has 6 nitrogen and oxygen atoms in total. The molecule has 0 saturated carbocycles.